The zero-order valence-corrected chi connectivity index (χ0v) is 8.85. The molecule has 0 fully saturated rings. The standard InChI is InChI=1S/C9H7BrClN/c1-5-4-12-9-3-7(10)8(11)2-6(5)9/h2-4,8H,1H3/t8-/m1/s1. The second-order valence-corrected chi connectivity index (χ2v) is 4.22. The molecular formula is C9H7BrClN. The fourth-order valence-corrected chi connectivity index (χ4v) is 1.81. The smallest absolute Gasteiger partial charge is 0.0841 e. The van der Waals surface area contributed by atoms with Gasteiger partial charge in [0.05, 0.1) is 11.1 Å². The fraction of sp³-hybridized carbons (Fsp3) is 0.222. The molecule has 1 nitrogen and oxygen atoms in total. The Balaban J connectivity index is 2.44. The average molecular weight is 245 g/mol. The Morgan fingerprint density at radius 2 is 2.33 bits per heavy atom. The van der Waals surface area contributed by atoms with Crippen molar-refractivity contribution in [3.63, 3.8) is 0 Å². The predicted molar refractivity (Wildman–Crippen MR) is 55.9 cm³/mol. The van der Waals surface area contributed by atoms with E-state index in [1.807, 2.05) is 25.3 Å². The van der Waals surface area contributed by atoms with Gasteiger partial charge >= 0.3 is 0 Å². The molecular weight excluding hydrogens is 237 g/mol. The van der Waals surface area contributed by atoms with E-state index in [0.29, 0.717) is 0 Å². The Morgan fingerprint density at radius 3 is 3.08 bits per heavy atom. The number of nitrogens with zero attached hydrogens (tertiary/aromatic N) is 1. The molecule has 0 aromatic heterocycles. The summed E-state index contributed by atoms with van der Waals surface area (Å²) in [7, 11) is 0. The summed E-state index contributed by atoms with van der Waals surface area (Å²) in [6.07, 6.45) is 5.86. The molecule has 1 atom stereocenters. The third-order valence-electron chi connectivity index (χ3n) is 1.95. The monoisotopic (exact) mass is 243 g/mol. The molecule has 62 valence electrons. The van der Waals surface area contributed by atoms with E-state index in [-0.39, 0.29) is 5.38 Å². The SMILES string of the molecule is CC1=CN=C2C=C(Br)[C@H](Cl)C=C12. The summed E-state index contributed by atoms with van der Waals surface area (Å²) in [4.78, 5) is 4.24. The third kappa shape index (κ3) is 1.19. The topological polar surface area (TPSA) is 12.4 Å². The summed E-state index contributed by atoms with van der Waals surface area (Å²) in [5.74, 6) is 0. The molecule has 0 aromatic carbocycles. The molecule has 1 aliphatic heterocycles. The summed E-state index contributed by atoms with van der Waals surface area (Å²) in [6, 6.07) is 0. The second-order valence-electron chi connectivity index (χ2n) is 2.84. The zero-order valence-electron chi connectivity index (χ0n) is 6.51. The van der Waals surface area contributed by atoms with Crippen LogP contribution in [0.15, 0.2) is 39.0 Å². The van der Waals surface area contributed by atoms with Gasteiger partial charge in [0.2, 0.25) is 0 Å². The Hall–Kier alpha value is -0.340. The van der Waals surface area contributed by atoms with Gasteiger partial charge in [-0.05, 0) is 18.6 Å². The lowest BCUT2D eigenvalue weighted by Gasteiger charge is -2.12. The number of allylic oxidation sites excluding steroid dienone is 5. The van der Waals surface area contributed by atoms with Crippen LogP contribution in [-0.2, 0) is 0 Å². The molecule has 0 bridgehead atoms. The normalized spacial score (nSPS) is 27.1. The number of fused-ring (bicyclic) bond motifs is 1. The lowest BCUT2D eigenvalue weighted by atomic mass is 10.00. The van der Waals surface area contributed by atoms with Gasteiger partial charge in [0.1, 0.15) is 0 Å². The van der Waals surface area contributed by atoms with E-state index >= 15 is 0 Å². The number of alkyl halides is 1. The Kier molecular flexibility index (Phi) is 1.97. The zero-order chi connectivity index (χ0) is 8.72. The summed E-state index contributed by atoms with van der Waals surface area (Å²) < 4.78 is 0.981. The highest BCUT2D eigenvalue weighted by Gasteiger charge is 2.20. The van der Waals surface area contributed by atoms with Crippen LogP contribution in [0.1, 0.15) is 6.92 Å². The molecule has 0 radical (unpaired) electrons. The first-order valence-corrected chi connectivity index (χ1v) is 4.90. The highest BCUT2D eigenvalue weighted by Crippen LogP contribution is 2.30. The molecule has 0 unspecified atom stereocenters. The van der Waals surface area contributed by atoms with Gasteiger partial charge in [0, 0.05) is 16.3 Å². The van der Waals surface area contributed by atoms with Crippen LogP contribution in [0.5, 0.6) is 0 Å². The maximum Gasteiger partial charge on any atom is 0.0841 e. The van der Waals surface area contributed by atoms with Crippen LogP contribution >= 0.6 is 27.5 Å². The van der Waals surface area contributed by atoms with E-state index in [4.69, 9.17) is 11.6 Å². The summed E-state index contributed by atoms with van der Waals surface area (Å²) >= 11 is 9.42. The van der Waals surface area contributed by atoms with E-state index in [2.05, 4.69) is 20.9 Å². The van der Waals surface area contributed by atoms with E-state index in [1.165, 1.54) is 11.1 Å². The van der Waals surface area contributed by atoms with Crippen molar-refractivity contribution in [2.75, 3.05) is 0 Å². The molecule has 0 aromatic rings. The molecule has 12 heavy (non-hydrogen) atoms. The largest absolute Gasteiger partial charge is 0.256 e. The Morgan fingerprint density at radius 1 is 1.58 bits per heavy atom. The van der Waals surface area contributed by atoms with Crippen LogP contribution in [0.4, 0.5) is 0 Å². The number of halogens is 2. The van der Waals surface area contributed by atoms with Crippen molar-refractivity contribution in [2.24, 2.45) is 4.99 Å². The first-order chi connectivity index (χ1) is 5.68. The summed E-state index contributed by atoms with van der Waals surface area (Å²) in [5.41, 5.74) is 3.36. The van der Waals surface area contributed by atoms with Crippen LogP contribution in [0.25, 0.3) is 0 Å². The van der Waals surface area contributed by atoms with Crippen molar-refractivity contribution in [2.45, 2.75) is 12.3 Å². The minimum Gasteiger partial charge on any atom is -0.256 e. The van der Waals surface area contributed by atoms with Crippen molar-refractivity contribution in [3.05, 3.63) is 34.0 Å². The third-order valence-corrected chi connectivity index (χ3v) is 3.30. The summed E-state index contributed by atoms with van der Waals surface area (Å²) in [6.45, 7) is 2.04. The molecule has 2 rings (SSSR count). The number of aliphatic imine (C=N–C) groups is 1. The number of hydrogen-bond acceptors (Lipinski definition) is 1. The van der Waals surface area contributed by atoms with Crippen molar-refractivity contribution in [1.82, 2.24) is 0 Å². The molecule has 3 heteroatoms. The van der Waals surface area contributed by atoms with Crippen LogP contribution in [0, 0.1) is 0 Å². The lowest BCUT2D eigenvalue weighted by Crippen LogP contribution is -2.09. The highest BCUT2D eigenvalue weighted by molar-refractivity contribution is 9.11. The molecule has 0 N–H and O–H groups in total. The fourth-order valence-electron chi connectivity index (χ4n) is 1.28. The van der Waals surface area contributed by atoms with Crippen LogP contribution < -0.4 is 0 Å². The summed E-state index contributed by atoms with van der Waals surface area (Å²) in [5, 5.41) is -0.0413. The lowest BCUT2D eigenvalue weighted by molar-refractivity contribution is 1.32. The molecule has 0 amide bonds. The van der Waals surface area contributed by atoms with E-state index in [0.717, 1.165) is 10.2 Å². The van der Waals surface area contributed by atoms with Gasteiger partial charge in [-0.15, -0.1) is 11.6 Å². The molecule has 2 aliphatic rings. The van der Waals surface area contributed by atoms with E-state index < -0.39 is 0 Å². The van der Waals surface area contributed by atoms with Gasteiger partial charge < -0.3 is 0 Å². The first-order valence-electron chi connectivity index (χ1n) is 3.67. The minimum atomic E-state index is -0.0413. The van der Waals surface area contributed by atoms with Crippen molar-refractivity contribution in [3.8, 4) is 0 Å². The average Bonchev–Trinajstić information content (AvgIpc) is 2.35. The van der Waals surface area contributed by atoms with Crippen molar-refractivity contribution < 1.29 is 0 Å². The highest BCUT2D eigenvalue weighted by atomic mass is 79.9. The van der Waals surface area contributed by atoms with Crippen molar-refractivity contribution >= 4 is 33.2 Å². The van der Waals surface area contributed by atoms with Gasteiger partial charge in [-0.3, -0.25) is 4.99 Å². The molecule has 0 saturated heterocycles. The quantitative estimate of drug-likeness (QED) is 0.581. The number of hydrogen-bond donors (Lipinski definition) is 0. The van der Waals surface area contributed by atoms with Gasteiger partial charge in [0.15, 0.2) is 0 Å². The van der Waals surface area contributed by atoms with Gasteiger partial charge in [-0.1, -0.05) is 22.0 Å². The molecule has 0 saturated carbocycles. The van der Waals surface area contributed by atoms with Crippen molar-refractivity contribution in [1.29, 1.82) is 0 Å². The maximum atomic E-state index is 6.03. The van der Waals surface area contributed by atoms with E-state index in [9.17, 15) is 0 Å². The maximum absolute atomic E-state index is 6.03. The molecule has 1 heterocycles. The van der Waals surface area contributed by atoms with Gasteiger partial charge in [-0.25, -0.2) is 0 Å². The van der Waals surface area contributed by atoms with E-state index in [1.54, 1.807) is 0 Å². The van der Waals surface area contributed by atoms with Gasteiger partial charge in [0.25, 0.3) is 0 Å². The Labute approximate surface area is 84.6 Å². The minimum absolute atomic E-state index is 0.0413. The Bertz CT molecular complexity index is 350. The molecule has 0 spiro atoms. The van der Waals surface area contributed by atoms with Gasteiger partial charge in [-0.2, -0.15) is 0 Å². The predicted octanol–water partition coefficient (Wildman–Crippen LogP) is 3.17. The second kappa shape index (κ2) is 2.86. The van der Waals surface area contributed by atoms with Crippen LogP contribution in [0.2, 0.25) is 0 Å². The van der Waals surface area contributed by atoms with Crippen LogP contribution in [0.3, 0.4) is 0 Å². The molecule has 1 aliphatic carbocycles. The van der Waals surface area contributed by atoms with Crippen LogP contribution in [-0.4, -0.2) is 11.1 Å². The number of rotatable bonds is 0. The first kappa shape index (κ1) is 8.27.